The average molecular weight is 369 g/mol. The van der Waals surface area contributed by atoms with Crippen molar-refractivity contribution in [2.24, 2.45) is 5.92 Å². The fourth-order valence-corrected chi connectivity index (χ4v) is 4.01. The van der Waals surface area contributed by atoms with E-state index in [2.05, 4.69) is 22.3 Å². The van der Waals surface area contributed by atoms with Crippen molar-refractivity contribution in [1.82, 2.24) is 15.4 Å². The van der Waals surface area contributed by atoms with E-state index >= 15 is 0 Å². The molecule has 0 bridgehead atoms. The van der Waals surface area contributed by atoms with Crippen LogP contribution in [0, 0.1) is 12.8 Å². The standard InChI is InChI=1S/C21H27N3O3/c1-14-6-7-18-16(11-14)20-17(13-26-18)19(23-27-20)21(25)22-8-4-10-24-9-3-5-15(2)12-24/h6-7,11,15H,3-5,8-10,12-13H2,1-2H3,(H,22,25). The monoisotopic (exact) mass is 369 g/mol. The highest BCUT2D eigenvalue weighted by Gasteiger charge is 2.28. The summed E-state index contributed by atoms with van der Waals surface area (Å²) in [5.74, 6) is 2.01. The van der Waals surface area contributed by atoms with Crippen molar-refractivity contribution < 1.29 is 14.1 Å². The van der Waals surface area contributed by atoms with Crippen LogP contribution in [0.4, 0.5) is 0 Å². The van der Waals surface area contributed by atoms with Crippen LogP contribution in [0.5, 0.6) is 5.75 Å². The normalized spacial score (nSPS) is 19.1. The van der Waals surface area contributed by atoms with Gasteiger partial charge < -0.3 is 19.5 Å². The third-order valence-electron chi connectivity index (χ3n) is 5.43. The maximum atomic E-state index is 12.6. The SMILES string of the molecule is Cc1ccc2c(c1)-c1onc(C(=O)NCCCN3CCCC(C)C3)c1CO2. The van der Waals surface area contributed by atoms with Crippen molar-refractivity contribution in [1.29, 1.82) is 0 Å². The van der Waals surface area contributed by atoms with E-state index in [0.29, 0.717) is 24.6 Å². The van der Waals surface area contributed by atoms with Crippen molar-refractivity contribution in [2.45, 2.75) is 39.7 Å². The minimum absolute atomic E-state index is 0.188. The molecule has 144 valence electrons. The van der Waals surface area contributed by atoms with E-state index in [1.807, 2.05) is 25.1 Å². The number of aryl methyl sites for hydroxylation is 1. The number of rotatable bonds is 5. The van der Waals surface area contributed by atoms with Gasteiger partial charge in [-0.2, -0.15) is 0 Å². The lowest BCUT2D eigenvalue weighted by atomic mass is 10.0. The number of piperidine rings is 1. The second-order valence-electron chi connectivity index (χ2n) is 7.78. The van der Waals surface area contributed by atoms with Crippen LogP contribution in [-0.2, 0) is 6.61 Å². The van der Waals surface area contributed by atoms with Crippen LogP contribution in [0.15, 0.2) is 22.7 Å². The van der Waals surface area contributed by atoms with Crippen molar-refractivity contribution >= 4 is 5.91 Å². The summed E-state index contributed by atoms with van der Waals surface area (Å²) in [5.41, 5.74) is 3.04. The van der Waals surface area contributed by atoms with Crippen LogP contribution in [0.3, 0.4) is 0 Å². The predicted octanol–water partition coefficient (Wildman–Crippen LogP) is 3.39. The molecular formula is C21H27N3O3. The third kappa shape index (κ3) is 3.86. The maximum Gasteiger partial charge on any atom is 0.273 e. The molecule has 0 aliphatic carbocycles. The average Bonchev–Trinajstić information content (AvgIpc) is 3.10. The third-order valence-corrected chi connectivity index (χ3v) is 5.43. The van der Waals surface area contributed by atoms with E-state index in [-0.39, 0.29) is 5.91 Å². The zero-order valence-corrected chi connectivity index (χ0v) is 16.1. The molecule has 2 aliphatic heterocycles. The Morgan fingerprint density at radius 1 is 1.41 bits per heavy atom. The first-order chi connectivity index (χ1) is 13.1. The molecule has 1 amide bonds. The molecule has 3 heterocycles. The molecule has 27 heavy (non-hydrogen) atoms. The number of hydrogen-bond acceptors (Lipinski definition) is 5. The van der Waals surface area contributed by atoms with Crippen LogP contribution in [0.25, 0.3) is 11.3 Å². The van der Waals surface area contributed by atoms with E-state index in [1.54, 1.807) is 0 Å². The van der Waals surface area contributed by atoms with Gasteiger partial charge in [-0.05, 0) is 57.3 Å². The highest BCUT2D eigenvalue weighted by molar-refractivity contribution is 5.95. The number of fused-ring (bicyclic) bond motifs is 3. The number of nitrogens with zero attached hydrogens (tertiary/aromatic N) is 2. The van der Waals surface area contributed by atoms with Gasteiger partial charge in [-0.15, -0.1) is 0 Å². The Morgan fingerprint density at radius 2 is 2.30 bits per heavy atom. The van der Waals surface area contributed by atoms with Crippen LogP contribution in [-0.4, -0.2) is 42.1 Å². The van der Waals surface area contributed by atoms with E-state index < -0.39 is 0 Å². The Hall–Kier alpha value is -2.34. The van der Waals surface area contributed by atoms with E-state index in [4.69, 9.17) is 9.26 Å². The van der Waals surface area contributed by atoms with Gasteiger partial charge in [0.25, 0.3) is 5.91 Å². The van der Waals surface area contributed by atoms with Crippen molar-refractivity contribution in [2.75, 3.05) is 26.2 Å². The van der Waals surface area contributed by atoms with Gasteiger partial charge in [0, 0.05) is 13.1 Å². The van der Waals surface area contributed by atoms with Crippen LogP contribution >= 0.6 is 0 Å². The summed E-state index contributed by atoms with van der Waals surface area (Å²) in [4.78, 5) is 15.0. The molecule has 0 spiro atoms. The van der Waals surface area contributed by atoms with E-state index in [1.165, 1.54) is 25.9 Å². The van der Waals surface area contributed by atoms with Crippen LogP contribution in [0.2, 0.25) is 0 Å². The first-order valence-corrected chi connectivity index (χ1v) is 9.84. The number of likely N-dealkylation sites (tertiary alicyclic amines) is 1. The van der Waals surface area contributed by atoms with Gasteiger partial charge >= 0.3 is 0 Å². The topological polar surface area (TPSA) is 67.6 Å². The molecule has 2 aliphatic rings. The summed E-state index contributed by atoms with van der Waals surface area (Å²) in [6.45, 7) is 8.64. The summed E-state index contributed by atoms with van der Waals surface area (Å²) in [6, 6.07) is 5.92. The zero-order chi connectivity index (χ0) is 18.8. The quantitative estimate of drug-likeness (QED) is 0.818. The van der Waals surface area contributed by atoms with Gasteiger partial charge in [0.1, 0.15) is 12.4 Å². The Morgan fingerprint density at radius 3 is 3.15 bits per heavy atom. The zero-order valence-electron chi connectivity index (χ0n) is 16.1. The summed E-state index contributed by atoms with van der Waals surface area (Å²) in [5, 5.41) is 7.01. The molecule has 1 aromatic heterocycles. The first-order valence-electron chi connectivity index (χ1n) is 9.84. The first kappa shape index (κ1) is 18.0. The highest BCUT2D eigenvalue weighted by Crippen LogP contribution is 2.39. The second-order valence-corrected chi connectivity index (χ2v) is 7.78. The molecule has 1 N–H and O–H groups in total. The molecule has 1 saturated heterocycles. The lowest BCUT2D eigenvalue weighted by Crippen LogP contribution is -2.36. The molecule has 1 aromatic carbocycles. The number of amides is 1. The Balaban J connectivity index is 1.35. The summed E-state index contributed by atoms with van der Waals surface area (Å²) >= 11 is 0. The summed E-state index contributed by atoms with van der Waals surface area (Å²) in [7, 11) is 0. The van der Waals surface area contributed by atoms with Crippen LogP contribution < -0.4 is 10.1 Å². The molecular weight excluding hydrogens is 342 g/mol. The lowest BCUT2D eigenvalue weighted by molar-refractivity contribution is 0.0939. The van der Waals surface area contributed by atoms with Gasteiger partial charge in [0.15, 0.2) is 11.5 Å². The number of nitrogens with one attached hydrogen (secondary N) is 1. The number of ether oxygens (including phenoxy) is 1. The van der Waals surface area contributed by atoms with Gasteiger partial charge in [-0.25, -0.2) is 0 Å². The molecule has 0 radical (unpaired) electrons. The van der Waals surface area contributed by atoms with Crippen LogP contribution in [0.1, 0.15) is 47.8 Å². The summed E-state index contributed by atoms with van der Waals surface area (Å²) in [6.07, 6.45) is 3.55. The molecule has 6 heteroatoms. The fraction of sp³-hybridized carbons (Fsp3) is 0.524. The largest absolute Gasteiger partial charge is 0.488 e. The molecule has 1 fully saturated rings. The van der Waals surface area contributed by atoms with Gasteiger partial charge in [-0.3, -0.25) is 4.79 Å². The van der Waals surface area contributed by atoms with Crippen molar-refractivity contribution in [3.63, 3.8) is 0 Å². The van der Waals surface area contributed by atoms with Gasteiger partial charge in [-0.1, -0.05) is 23.7 Å². The second kappa shape index (κ2) is 7.72. The number of hydrogen-bond donors (Lipinski definition) is 1. The number of carbonyl (C=O) groups is 1. The lowest BCUT2D eigenvalue weighted by Gasteiger charge is -2.30. The molecule has 1 atom stereocenters. The van der Waals surface area contributed by atoms with E-state index in [0.717, 1.165) is 41.3 Å². The number of carbonyl (C=O) groups excluding carboxylic acids is 1. The van der Waals surface area contributed by atoms with Gasteiger partial charge in [0.2, 0.25) is 0 Å². The minimum Gasteiger partial charge on any atom is -0.488 e. The Kier molecular flexibility index (Phi) is 5.16. The highest BCUT2D eigenvalue weighted by atomic mass is 16.5. The van der Waals surface area contributed by atoms with Crippen molar-refractivity contribution in [3.8, 4) is 17.1 Å². The number of aromatic nitrogens is 1. The Bertz CT molecular complexity index is 830. The molecule has 1 unspecified atom stereocenters. The molecule has 4 rings (SSSR count). The number of benzene rings is 1. The maximum absolute atomic E-state index is 12.6. The predicted molar refractivity (Wildman–Crippen MR) is 103 cm³/mol. The fourth-order valence-electron chi connectivity index (χ4n) is 4.01. The minimum atomic E-state index is -0.188. The summed E-state index contributed by atoms with van der Waals surface area (Å²) < 4.78 is 11.3. The Labute approximate surface area is 159 Å². The molecule has 0 saturated carbocycles. The van der Waals surface area contributed by atoms with Gasteiger partial charge in [0.05, 0.1) is 11.1 Å². The van der Waals surface area contributed by atoms with Crippen molar-refractivity contribution in [3.05, 3.63) is 35.0 Å². The molecule has 6 nitrogen and oxygen atoms in total. The smallest absolute Gasteiger partial charge is 0.273 e. The molecule has 2 aromatic rings. The van der Waals surface area contributed by atoms with E-state index in [9.17, 15) is 4.79 Å².